The minimum Gasteiger partial charge on any atom is -0.370 e. The van der Waals surface area contributed by atoms with Crippen LogP contribution in [0.3, 0.4) is 0 Å². The van der Waals surface area contributed by atoms with E-state index in [2.05, 4.69) is 25.9 Å². The number of anilines is 3. The Hall–Kier alpha value is -2.62. The van der Waals surface area contributed by atoms with Crippen molar-refractivity contribution in [3.63, 3.8) is 0 Å². The molecule has 0 atom stereocenters. The number of sulfone groups is 1. The van der Waals surface area contributed by atoms with E-state index in [1.54, 1.807) is 37.3 Å². The third-order valence-corrected chi connectivity index (χ3v) is 5.97. The van der Waals surface area contributed by atoms with Crippen molar-refractivity contribution in [2.45, 2.75) is 13.3 Å². The monoisotopic (exact) mass is 481 g/mol. The minimum atomic E-state index is -3.01. The molecule has 0 unspecified atom stereocenters. The first-order valence-corrected chi connectivity index (χ1v) is 12.1. The standard InChI is InChI=1S/C20H21Cl2N5O3S/c1-12-8-18(23-6-3-7-31(2,29)30)26-19(24-12)27-20(28)25-15-5-4-13-10-16(21)17(22)11-14(13)9-15/h4-5,8-11H,3,6-7H2,1-2H3,(H3,23,24,25,26,27,28). The van der Waals surface area contributed by atoms with Gasteiger partial charge in [-0.2, -0.15) is 4.98 Å². The zero-order chi connectivity index (χ0) is 22.6. The van der Waals surface area contributed by atoms with E-state index in [0.717, 1.165) is 10.8 Å². The number of rotatable bonds is 7. The molecule has 31 heavy (non-hydrogen) atoms. The molecule has 0 spiro atoms. The number of carbonyl (C=O) groups is 1. The highest BCUT2D eigenvalue weighted by molar-refractivity contribution is 7.90. The van der Waals surface area contributed by atoms with Gasteiger partial charge in [0.25, 0.3) is 0 Å². The summed E-state index contributed by atoms with van der Waals surface area (Å²) in [4.78, 5) is 20.8. The van der Waals surface area contributed by atoms with Crippen LogP contribution in [0.2, 0.25) is 10.0 Å². The van der Waals surface area contributed by atoms with Crippen LogP contribution >= 0.6 is 23.2 Å². The number of nitrogens with zero attached hydrogens (tertiary/aromatic N) is 2. The third kappa shape index (κ3) is 6.95. The Morgan fingerprint density at radius 2 is 1.71 bits per heavy atom. The Morgan fingerprint density at radius 3 is 2.42 bits per heavy atom. The number of fused-ring (bicyclic) bond motifs is 1. The van der Waals surface area contributed by atoms with E-state index >= 15 is 0 Å². The molecule has 2 aromatic carbocycles. The number of aromatic nitrogens is 2. The van der Waals surface area contributed by atoms with Crippen LogP contribution in [-0.4, -0.2) is 43.0 Å². The topological polar surface area (TPSA) is 113 Å². The molecule has 8 nitrogen and oxygen atoms in total. The van der Waals surface area contributed by atoms with Gasteiger partial charge in [0.15, 0.2) is 0 Å². The summed E-state index contributed by atoms with van der Waals surface area (Å²) in [6.45, 7) is 2.20. The van der Waals surface area contributed by atoms with Crippen molar-refractivity contribution in [1.82, 2.24) is 9.97 Å². The fourth-order valence-corrected chi connectivity index (χ4v) is 3.86. The molecule has 0 aliphatic heterocycles. The average Bonchev–Trinajstić information content (AvgIpc) is 2.65. The molecule has 0 aliphatic rings. The first-order valence-electron chi connectivity index (χ1n) is 9.33. The third-order valence-electron chi connectivity index (χ3n) is 4.21. The summed E-state index contributed by atoms with van der Waals surface area (Å²) in [6.07, 6.45) is 1.64. The number of hydrogen-bond donors (Lipinski definition) is 3. The van der Waals surface area contributed by atoms with Gasteiger partial charge in [0.05, 0.1) is 15.8 Å². The number of amides is 2. The lowest BCUT2D eigenvalue weighted by atomic mass is 10.1. The maximum atomic E-state index is 12.4. The molecule has 0 bridgehead atoms. The zero-order valence-corrected chi connectivity index (χ0v) is 19.2. The van der Waals surface area contributed by atoms with Crippen molar-refractivity contribution in [3.05, 3.63) is 52.1 Å². The van der Waals surface area contributed by atoms with Gasteiger partial charge in [-0.25, -0.2) is 18.2 Å². The lowest BCUT2D eigenvalue weighted by molar-refractivity contribution is 0.262. The molecule has 0 radical (unpaired) electrons. The molecule has 2 amide bonds. The second-order valence-electron chi connectivity index (χ2n) is 7.04. The highest BCUT2D eigenvalue weighted by atomic mass is 35.5. The fraction of sp³-hybridized carbons (Fsp3) is 0.250. The predicted octanol–water partition coefficient (Wildman–Crippen LogP) is 4.74. The van der Waals surface area contributed by atoms with Gasteiger partial charge in [-0.15, -0.1) is 0 Å². The van der Waals surface area contributed by atoms with Crippen LogP contribution in [0.15, 0.2) is 36.4 Å². The Bertz CT molecular complexity index is 1230. The molecule has 3 aromatic rings. The summed E-state index contributed by atoms with van der Waals surface area (Å²) in [5.74, 6) is 0.702. The number of halogens is 2. The zero-order valence-electron chi connectivity index (χ0n) is 16.9. The van der Waals surface area contributed by atoms with Gasteiger partial charge in [-0.05, 0) is 48.4 Å². The maximum Gasteiger partial charge on any atom is 0.326 e. The van der Waals surface area contributed by atoms with Crippen LogP contribution < -0.4 is 16.0 Å². The molecule has 1 aromatic heterocycles. The van der Waals surface area contributed by atoms with E-state index in [1.807, 2.05) is 6.07 Å². The molecule has 0 fully saturated rings. The highest BCUT2D eigenvalue weighted by Gasteiger charge is 2.09. The molecular formula is C20H21Cl2N5O3S. The van der Waals surface area contributed by atoms with E-state index in [9.17, 15) is 13.2 Å². The van der Waals surface area contributed by atoms with Gasteiger partial charge < -0.3 is 10.6 Å². The molecule has 11 heteroatoms. The Balaban J connectivity index is 1.64. The Labute approximate surface area is 190 Å². The Kier molecular flexibility index (Phi) is 7.19. The van der Waals surface area contributed by atoms with Crippen molar-refractivity contribution >= 4 is 67.3 Å². The Morgan fingerprint density at radius 1 is 1.00 bits per heavy atom. The van der Waals surface area contributed by atoms with Gasteiger partial charge in [0.2, 0.25) is 5.95 Å². The van der Waals surface area contributed by atoms with Crippen molar-refractivity contribution in [1.29, 1.82) is 0 Å². The van der Waals surface area contributed by atoms with Crippen molar-refractivity contribution in [2.75, 3.05) is 34.5 Å². The quantitative estimate of drug-likeness (QED) is 0.420. The lowest BCUT2D eigenvalue weighted by Gasteiger charge is -2.11. The van der Waals surface area contributed by atoms with E-state index < -0.39 is 15.9 Å². The normalized spacial score (nSPS) is 11.4. The first kappa shape index (κ1) is 23.1. The summed E-state index contributed by atoms with van der Waals surface area (Å²) in [6, 6.07) is 10.0. The summed E-state index contributed by atoms with van der Waals surface area (Å²) in [5, 5.41) is 11.0. The summed E-state index contributed by atoms with van der Waals surface area (Å²) >= 11 is 12.1. The van der Waals surface area contributed by atoms with Gasteiger partial charge in [0.1, 0.15) is 15.7 Å². The average molecular weight is 482 g/mol. The smallest absolute Gasteiger partial charge is 0.326 e. The van der Waals surface area contributed by atoms with E-state index in [0.29, 0.717) is 40.2 Å². The summed E-state index contributed by atoms with van der Waals surface area (Å²) in [7, 11) is -3.01. The van der Waals surface area contributed by atoms with Crippen LogP contribution in [0.5, 0.6) is 0 Å². The largest absolute Gasteiger partial charge is 0.370 e. The van der Waals surface area contributed by atoms with Gasteiger partial charge in [-0.3, -0.25) is 5.32 Å². The van der Waals surface area contributed by atoms with Crippen molar-refractivity contribution in [2.24, 2.45) is 0 Å². The molecular weight excluding hydrogens is 461 g/mol. The van der Waals surface area contributed by atoms with Crippen LogP contribution in [0, 0.1) is 6.92 Å². The van der Waals surface area contributed by atoms with Gasteiger partial charge in [0, 0.05) is 30.2 Å². The van der Waals surface area contributed by atoms with Crippen LogP contribution in [0.4, 0.5) is 22.2 Å². The molecule has 3 N–H and O–H groups in total. The predicted molar refractivity (Wildman–Crippen MR) is 126 cm³/mol. The van der Waals surface area contributed by atoms with Crippen LogP contribution in [-0.2, 0) is 9.84 Å². The molecule has 1 heterocycles. The SMILES string of the molecule is Cc1cc(NCCCS(C)(=O)=O)nc(NC(=O)Nc2ccc3cc(Cl)c(Cl)cc3c2)n1. The van der Waals surface area contributed by atoms with Gasteiger partial charge >= 0.3 is 6.03 Å². The molecule has 0 aliphatic carbocycles. The van der Waals surface area contributed by atoms with Crippen LogP contribution in [0.25, 0.3) is 10.8 Å². The molecule has 0 saturated carbocycles. The van der Waals surface area contributed by atoms with E-state index in [4.69, 9.17) is 23.2 Å². The minimum absolute atomic E-state index is 0.0841. The van der Waals surface area contributed by atoms with Crippen LogP contribution in [0.1, 0.15) is 12.1 Å². The second-order valence-corrected chi connectivity index (χ2v) is 10.1. The number of benzene rings is 2. The highest BCUT2D eigenvalue weighted by Crippen LogP contribution is 2.29. The fourth-order valence-electron chi connectivity index (χ4n) is 2.85. The van der Waals surface area contributed by atoms with Crippen molar-refractivity contribution < 1.29 is 13.2 Å². The molecule has 3 rings (SSSR count). The number of urea groups is 1. The second kappa shape index (κ2) is 9.67. The number of carbonyl (C=O) groups excluding carboxylic acids is 1. The van der Waals surface area contributed by atoms with Crippen molar-refractivity contribution in [3.8, 4) is 0 Å². The lowest BCUT2D eigenvalue weighted by Crippen LogP contribution is -2.21. The molecule has 164 valence electrons. The summed E-state index contributed by atoms with van der Waals surface area (Å²) in [5.41, 5.74) is 1.21. The molecule has 0 saturated heterocycles. The van der Waals surface area contributed by atoms with E-state index in [-0.39, 0.29) is 11.7 Å². The van der Waals surface area contributed by atoms with E-state index in [1.165, 1.54) is 6.26 Å². The maximum absolute atomic E-state index is 12.4. The number of nitrogens with one attached hydrogen (secondary N) is 3. The number of hydrogen-bond acceptors (Lipinski definition) is 6. The first-order chi connectivity index (χ1) is 14.6. The number of aryl methyl sites for hydroxylation is 1. The summed E-state index contributed by atoms with van der Waals surface area (Å²) < 4.78 is 22.4. The van der Waals surface area contributed by atoms with Gasteiger partial charge in [-0.1, -0.05) is 29.3 Å².